The van der Waals surface area contributed by atoms with Crippen molar-refractivity contribution in [3.8, 4) is 0 Å². The van der Waals surface area contributed by atoms with E-state index in [2.05, 4.69) is 37.7 Å². The molecule has 3 heteroatoms. The molecule has 0 atom stereocenters. The Morgan fingerprint density at radius 2 is 1.14 bits per heavy atom. The van der Waals surface area contributed by atoms with E-state index in [1.54, 1.807) is 12.4 Å². The smallest absolute Gasteiger partial charge is 0.0786 e. The Balaban J connectivity index is 0.000000734. The zero-order valence-electron chi connectivity index (χ0n) is 15.6. The van der Waals surface area contributed by atoms with Gasteiger partial charge in [0.05, 0.1) is 26.2 Å². The Bertz CT molecular complexity index is 241. The van der Waals surface area contributed by atoms with Crippen LogP contribution in [0.4, 0.5) is 0 Å². The molecule has 0 saturated carbocycles. The van der Waals surface area contributed by atoms with Crippen LogP contribution in [0.15, 0.2) is 18.7 Å². The molecule has 1 rings (SSSR count). The molecule has 0 aliphatic heterocycles. The number of rotatable bonds is 12. The fourth-order valence-corrected chi connectivity index (χ4v) is 2.84. The van der Waals surface area contributed by atoms with Crippen LogP contribution < -0.4 is 4.98 Å². The van der Waals surface area contributed by atoms with Gasteiger partial charge >= 0.3 is 0 Å². The van der Waals surface area contributed by atoms with E-state index in [0.29, 0.717) is 0 Å². The van der Waals surface area contributed by atoms with E-state index < -0.39 is 0 Å². The van der Waals surface area contributed by atoms with Crippen LogP contribution in [0.25, 0.3) is 0 Å². The third-order valence-electron chi connectivity index (χ3n) is 4.32. The first-order valence-electron chi connectivity index (χ1n) is 9.46. The average Bonchev–Trinajstić information content (AvgIpc) is 3.13. The van der Waals surface area contributed by atoms with E-state index in [-0.39, 0.29) is 0 Å². The molecule has 0 aromatic carbocycles. The minimum absolute atomic E-state index is 1.35. The van der Waals surface area contributed by atoms with Gasteiger partial charge in [-0.15, -0.1) is 0 Å². The molecule has 0 fully saturated rings. The van der Waals surface area contributed by atoms with Crippen molar-refractivity contribution in [3.05, 3.63) is 18.7 Å². The molecule has 0 saturated heterocycles. The van der Waals surface area contributed by atoms with Gasteiger partial charge in [0.2, 0.25) is 0 Å². The molecule has 1 aromatic heterocycles. The fraction of sp³-hybridized carbons (Fsp3) is 0.842. The van der Waals surface area contributed by atoms with Gasteiger partial charge in [-0.05, 0) is 25.7 Å². The maximum atomic E-state index is 3.61. The van der Waals surface area contributed by atoms with Gasteiger partial charge in [0.1, 0.15) is 0 Å². The van der Waals surface area contributed by atoms with Crippen LogP contribution in [0.3, 0.4) is 0 Å². The molecule has 0 bridgehead atoms. The van der Waals surface area contributed by atoms with Crippen LogP contribution >= 0.6 is 0 Å². The van der Waals surface area contributed by atoms with Crippen molar-refractivity contribution in [2.75, 3.05) is 26.2 Å². The molecule has 130 valence electrons. The number of hydrogen-bond acceptors (Lipinski definition) is 1. The standard InChI is InChI=1S/C16H36N.C3H3N2/c1-5-9-13-17(14-10-6-2,15-11-7-3)16-12-8-4;1-2-5-3-4-1/h5-16H2,1-4H3;1-3H/q+1;-1. The SMILES string of the molecule is CCCC[N+](CCCC)(CCCC)CCCC.c1c[n-]cn1. The third-order valence-corrected chi connectivity index (χ3v) is 4.32. The predicted octanol–water partition coefficient (Wildman–Crippen LogP) is 5.04. The molecular formula is C19H39N3. The highest BCUT2D eigenvalue weighted by atomic mass is 15.3. The van der Waals surface area contributed by atoms with Crippen molar-refractivity contribution in [1.82, 2.24) is 9.97 Å². The molecule has 0 aliphatic rings. The van der Waals surface area contributed by atoms with Crippen molar-refractivity contribution in [1.29, 1.82) is 0 Å². The summed E-state index contributed by atoms with van der Waals surface area (Å²) in [4.78, 5) is 7.22. The summed E-state index contributed by atoms with van der Waals surface area (Å²) in [5.74, 6) is 0. The monoisotopic (exact) mass is 309 g/mol. The molecule has 0 spiro atoms. The Morgan fingerprint density at radius 3 is 1.32 bits per heavy atom. The molecule has 3 nitrogen and oxygen atoms in total. The molecule has 0 aliphatic carbocycles. The van der Waals surface area contributed by atoms with Gasteiger partial charge in [-0.1, -0.05) is 72.1 Å². The van der Waals surface area contributed by atoms with Crippen LogP contribution in [0.5, 0.6) is 0 Å². The first-order chi connectivity index (χ1) is 10.7. The lowest BCUT2D eigenvalue weighted by Crippen LogP contribution is -2.50. The van der Waals surface area contributed by atoms with Gasteiger partial charge in [0, 0.05) is 0 Å². The molecule has 1 heterocycles. The largest absolute Gasteiger partial charge is 0.450 e. The number of quaternary nitrogens is 1. The summed E-state index contributed by atoms with van der Waals surface area (Å²) in [6, 6.07) is 0. The van der Waals surface area contributed by atoms with Gasteiger partial charge < -0.3 is 14.5 Å². The summed E-state index contributed by atoms with van der Waals surface area (Å²) in [5.41, 5.74) is 0. The lowest BCUT2D eigenvalue weighted by molar-refractivity contribution is -0.929. The predicted molar refractivity (Wildman–Crippen MR) is 96.9 cm³/mol. The van der Waals surface area contributed by atoms with Crippen LogP contribution in [0, 0.1) is 0 Å². The Hall–Kier alpha value is -0.830. The molecule has 0 unspecified atom stereocenters. The van der Waals surface area contributed by atoms with E-state index in [4.69, 9.17) is 0 Å². The highest BCUT2D eigenvalue weighted by Crippen LogP contribution is 2.16. The van der Waals surface area contributed by atoms with E-state index in [1.807, 2.05) is 0 Å². The van der Waals surface area contributed by atoms with Gasteiger partial charge in [-0.25, -0.2) is 0 Å². The zero-order chi connectivity index (χ0) is 16.5. The highest BCUT2D eigenvalue weighted by molar-refractivity contribution is 4.64. The summed E-state index contributed by atoms with van der Waals surface area (Å²) < 4.78 is 1.42. The summed E-state index contributed by atoms with van der Waals surface area (Å²) in [5, 5.41) is 0. The van der Waals surface area contributed by atoms with Gasteiger partial charge in [-0.3, -0.25) is 0 Å². The second-order valence-corrected chi connectivity index (χ2v) is 6.36. The molecular weight excluding hydrogens is 270 g/mol. The molecule has 0 amide bonds. The van der Waals surface area contributed by atoms with Gasteiger partial charge in [0.25, 0.3) is 0 Å². The fourth-order valence-electron chi connectivity index (χ4n) is 2.84. The normalized spacial score (nSPS) is 11.1. The first kappa shape index (κ1) is 21.2. The van der Waals surface area contributed by atoms with E-state index in [1.165, 1.54) is 88.4 Å². The second kappa shape index (κ2) is 15.1. The van der Waals surface area contributed by atoms with Crippen molar-refractivity contribution >= 4 is 0 Å². The highest BCUT2D eigenvalue weighted by Gasteiger charge is 2.24. The number of nitrogens with zero attached hydrogens (tertiary/aromatic N) is 3. The van der Waals surface area contributed by atoms with E-state index in [0.717, 1.165) is 0 Å². The molecule has 22 heavy (non-hydrogen) atoms. The number of hydrogen-bond donors (Lipinski definition) is 0. The van der Waals surface area contributed by atoms with Crippen molar-refractivity contribution in [3.63, 3.8) is 0 Å². The van der Waals surface area contributed by atoms with E-state index in [9.17, 15) is 0 Å². The third kappa shape index (κ3) is 10.8. The summed E-state index contributed by atoms with van der Waals surface area (Å²) in [6.45, 7) is 15.0. The van der Waals surface area contributed by atoms with Crippen molar-refractivity contribution < 1.29 is 4.48 Å². The number of unbranched alkanes of at least 4 members (excludes halogenated alkanes) is 4. The van der Waals surface area contributed by atoms with Gasteiger partial charge in [-0.2, -0.15) is 0 Å². The summed E-state index contributed by atoms with van der Waals surface area (Å²) >= 11 is 0. The first-order valence-corrected chi connectivity index (χ1v) is 9.46. The maximum Gasteiger partial charge on any atom is 0.0786 e. The molecule has 1 aromatic rings. The molecule has 0 N–H and O–H groups in total. The van der Waals surface area contributed by atoms with Gasteiger partial charge in [0.15, 0.2) is 0 Å². The van der Waals surface area contributed by atoms with Crippen LogP contribution in [0.1, 0.15) is 79.1 Å². The lowest BCUT2D eigenvalue weighted by atomic mass is 10.1. The van der Waals surface area contributed by atoms with Crippen LogP contribution in [0.2, 0.25) is 0 Å². The number of aromatic nitrogens is 2. The summed E-state index contributed by atoms with van der Waals surface area (Å²) in [6.07, 6.45) is 15.8. The van der Waals surface area contributed by atoms with Crippen molar-refractivity contribution in [2.45, 2.75) is 79.1 Å². The Morgan fingerprint density at radius 1 is 0.727 bits per heavy atom. The zero-order valence-corrected chi connectivity index (χ0v) is 15.6. The Labute approximate surface area is 139 Å². The minimum Gasteiger partial charge on any atom is -0.450 e. The topological polar surface area (TPSA) is 27.0 Å². The quantitative estimate of drug-likeness (QED) is 0.506. The number of imidazole rings is 1. The molecule has 0 radical (unpaired) electrons. The second-order valence-electron chi connectivity index (χ2n) is 6.36. The van der Waals surface area contributed by atoms with Crippen molar-refractivity contribution in [2.24, 2.45) is 0 Å². The minimum atomic E-state index is 1.35. The van der Waals surface area contributed by atoms with Crippen LogP contribution in [-0.4, -0.2) is 35.6 Å². The van der Waals surface area contributed by atoms with Crippen LogP contribution in [-0.2, 0) is 0 Å². The van der Waals surface area contributed by atoms with E-state index >= 15 is 0 Å². The average molecular weight is 310 g/mol. The lowest BCUT2D eigenvalue weighted by Gasteiger charge is -2.39. The summed E-state index contributed by atoms with van der Waals surface area (Å²) in [7, 11) is 0. The Kier molecular flexibility index (Phi) is 14.5. The maximum absolute atomic E-state index is 3.61.